The van der Waals surface area contributed by atoms with Crippen LogP contribution in [-0.4, -0.2) is 20.1 Å². The van der Waals surface area contributed by atoms with Crippen molar-refractivity contribution in [3.05, 3.63) is 11.4 Å². The number of hydrogen-bond acceptors (Lipinski definition) is 3. The zero-order chi connectivity index (χ0) is 11.5. The van der Waals surface area contributed by atoms with Crippen molar-refractivity contribution in [2.24, 2.45) is 0 Å². The molecule has 1 aromatic heterocycles. The first-order chi connectivity index (χ1) is 7.00. The lowest BCUT2D eigenvalue weighted by Crippen LogP contribution is -2.20. The van der Waals surface area contributed by atoms with E-state index in [9.17, 15) is 5.11 Å². The minimum absolute atomic E-state index is 0.0185. The zero-order valence-corrected chi connectivity index (χ0v) is 10.1. The molecule has 86 valence electrons. The first kappa shape index (κ1) is 12.2. The number of hydrogen-bond donors (Lipinski definition) is 1. The molecule has 1 rings (SSSR count). The van der Waals surface area contributed by atoms with Crippen molar-refractivity contribution in [1.29, 1.82) is 0 Å². The lowest BCUT2D eigenvalue weighted by Gasteiger charge is -2.20. The molecule has 4 heteroatoms. The Balaban J connectivity index is 3.01. The Morgan fingerprint density at radius 1 is 1.33 bits per heavy atom. The van der Waals surface area contributed by atoms with Crippen LogP contribution in [0.25, 0.3) is 0 Å². The van der Waals surface area contributed by atoms with E-state index in [1.165, 1.54) is 0 Å². The van der Waals surface area contributed by atoms with Gasteiger partial charge in [0.2, 0.25) is 0 Å². The van der Waals surface area contributed by atoms with Gasteiger partial charge in [0.1, 0.15) is 5.69 Å². The maximum atomic E-state index is 9.20. The monoisotopic (exact) mass is 211 g/mol. The van der Waals surface area contributed by atoms with Crippen LogP contribution in [0.1, 0.15) is 51.9 Å². The molecule has 0 saturated heterocycles. The molecule has 0 aliphatic carbocycles. The number of aliphatic hydroxyl groups is 1. The van der Waals surface area contributed by atoms with Gasteiger partial charge in [-0.3, -0.25) is 0 Å². The Labute approximate surface area is 91.3 Å². The Morgan fingerprint density at radius 3 is 2.47 bits per heavy atom. The summed E-state index contributed by atoms with van der Waals surface area (Å²) in [4.78, 5) is 0. The van der Waals surface area contributed by atoms with E-state index in [4.69, 9.17) is 0 Å². The van der Waals surface area contributed by atoms with Crippen LogP contribution >= 0.6 is 0 Å². The quantitative estimate of drug-likeness (QED) is 0.827. The summed E-state index contributed by atoms with van der Waals surface area (Å²) in [5.74, 6) is 0. The van der Waals surface area contributed by atoms with Gasteiger partial charge in [-0.05, 0) is 6.42 Å². The molecule has 0 atom stereocenters. The lowest BCUT2D eigenvalue weighted by molar-refractivity contribution is 0.273. The molecule has 0 bridgehead atoms. The summed E-state index contributed by atoms with van der Waals surface area (Å²) >= 11 is 0. The largest absolute Gasteiger partial charge is 0.390 e. The third kappa shape index (κ3) is 2.78. The van der Waals surface area contributed by atoms with Crippen LogP contribution < -0.4 is 0 Å². The molecular formula is C11H21N3O. The molecule has 4 nitrogen and oxygen atoms in total. The molecule has 0 radical (unpaired) electrons. The van der Waals surface area contributed by atoms with E-state index in [1.807, 2.05) is 4.68 Å². The minimum atomic E-state index is -0.0290. The minimum Gasteiger partial charge on any atom is -0.390 e. The van der Waals surface area contributed by atoms with Crippen molar-refractivity contribution in [1.82, 2.24) is 15.0 Å². The SMILES string of the molecule is CCCCn1nnc(CO)c1C(C)(C)C. The van der Waals surface area contributed by atoms with Gasteiger partial charge in [0.05, 0.1) is 12.3 Å². The third-order valence-electron chi connectivity index (χ3n) is 2.39. The summed E-state index contributed by atoms with van der Waals surface area (Å²) in [6.07, 6.45) is 2.23. The first-order valence-corrected chi connectivity index (χ1v) is 5.54. The van der Waals surface area contributed by atoms with Crippen molar-refractivity contribution in [3.8, 4) is 0 Å². The van der Waals surface area contributed by atoms with Crippen molar-refractivity contribution in [2.75, 3.05) is 0 Å². The Kier molecular flexibility index (Phi) is 3.85. The molecule has 0 amide bonds. The smallest absolute Gasteiger partial charge is 0.112 e. The van der Waals surface area contributed by atoms with Crippen molar-refractivity contribution >= 4 is 0 Å². The number of unbranched alkanes of at least 4 members (excludes halogenated alkanes) is 1. The van der Waals surface area contributed by atoms with Gasteiger partial charge in [-0.1, -0.05) is 39.3 Å². The number of aromatic nitrogens is 3. The summed E-state index contributed by atoms with van der Waals surface area (Å²) in [5, 5.41) is 17.3. The van der Waals surface area contributed by atoms with Gasteiger partial charge in [-0.25, -0.2) is 4.68 Å². The molecule has 0 fully saturated rings. The molecule has 0 aliphatic rings. The predicted molar refractivity (Wildman–Crippen MR) is 59.6 cm³/mol. The molecule has 0 spiro atoms. The summed E-state index contributed by atoms with van der Waals surface area (Å²) in [7, 11) is 0. The van der Waals surface area contributed by atoms with Gasteiger partial charge in [-0.2, -0.15) is 0 Å². The highest BCUT2D eigenvalue weighted by Gasteiger charge is 2.24. The van der Waals surface area contributed by atoms with Crippen LogP contribution in [0, 0.1) is 0 Å². The van der Waals surface area contributed by atoms with Gasteiger partial charge in [0.25, 0.3) is 0 Å². The highest BCUT2D eigenvalue weighted by molar-refractivity contribution is 5.18. The van der Waals surface area contributed by atoms with E-state index in [0.717, 1.165) is 25.1 Å². The number of rotatable bonds is 4. The van der Waals surface area contributed by atoms with E-state index >= 15 is 0 Å². The molecule has 1 heterocycles. The summed E-state index contributed by atoms with van der Waals surface area (Å²) < 4.78 is 1.93. The zero-order valence-electron chi connectivity index (χ0n) is 10.1. The second-order valence-electron chi connectivity index (χ2n) is 4.87. The highest BCUT2D eigenvalue weighted by atomic mass is 16.3. The average molecular weight is 211 g/mol. The summed E-state index contributed by atoms with van der Waals surface area (Å²) in [6.45, 7) is 9.36. The van der Waals surface area contributed by atoms with E-state index in [2.05, 4.69) is 38.0 Å². The normalized spacial score (nSPS) is 12.1. The second kappa shape index (κ2) is 4.75. The summed E-state index contributed by atoms with van der Waals surface area (Å²) in [5.41, 5.74) is 1.74. The van der Waals surface area contributed by atoms with Gasteiger partial charge in [0, 0.05) is 12.0 Å². The van der Waals surface area contributed by atoms with Crippen molar-refractivity contribution < 1.29 is 5.11 Å². The highest BCUT2D eigenvalue weighted by Crippen LogP contribution is 2.24. The van der Waals surface area contributed by atoms with Crippen molar-refractivity contribution in [3.63, 3.8) is 0 Å². The fourth-order valence-corrected chi connectivity index (χ4v) is 1.74. The maximum absolute atomic E-state index is 9.20. The fraction of sp³-hybridized carbons (Fsp3) is 0.818. The van der Waals surface area contributed by atoms with Gasteiger partial charge >= 0.3 is 0 Å². The molecule has 1 N–H and O–H groups in total. The lowest BCUT2D eigenvalue weighted by atomic mass is 9.90. The van der Waals surface area contributed by atoms with E-state index in [0.29, 0.717) is 5.69 Å². The van der Waals surface area contributed by atoms with Crippen LogP contribution in [0.15, 0.2) is 0 Å². The van der Waals surface area contributed by atoms with Gasteiger partial charge < -0.3 is 5.11 Å². The van der Waals surface area contributed by atoms with Crippen LogP contribution in [0.5, 0.6) is 0 Å². The predicted octanol–water partition coefficient (Wildman–Crippen LogP) is 1.87. The number of aryl methyl sites for hydroxylation is 1. The maximum Gasteiger partial charge on any atom is 0.112 e. The summed E-state index contributed by atoms with van der Waals surface area (Å²) in [6, 6.07) is 0. The van der Waals surface area contributed by atoms with E-state index in [-0.39, 0.29) is 12.0 Å². The third-order valence-corrected chi connectivity index (χ3v) is 2.39. The van der Waals surface area contributed by atoms with E-state index < -0.39 is 0 Å². The number of nitrogens with zero attached hydrogens (tertiary/aromatic N) is 3. The molecule has 0 aromatic carbocycles. The Morgan fingerprint density at radius 2 is 2.00 bits per heavy atom. The average Bonchev–Trinajstić information content (AvgIpc) is 2.56. The van der Waals surface area contributed by atoms with E-state index in [1.54, 1.807) is 0 Å². The second-order valence-corrected chi connectivity index (χ2v) is 4.87. The molecule has 0 saturated carbocycles. The topological polar surface area (TPSA) is 50.9 Å². The molecular weight excluding hydrogens is 190 g/mol. The Hall–Kier alpha value is -0.900. The van der Waals surface area contributed by atoms with Gasteiger partial charge in [-0.15, -0.1) is 5.10 Å². The molecule has 0 unspecified atom stereocenters. The standard InChI is InChI=1S/C11H21N3O/c1-5-6-7-14-10(11(2,3)4)9(8-15)12-13-14/h15H,5-8H2,1-4H3. The van der Waals surface area contributed by atoms with Crippen LogP contribution in [0.2, 0.25) is 0 Å². The van der Waals surface area contributed by atoms with Crippen LogP contribution in [0.3, 0.4) is 0 Å². The van der Waals surface area contributed by atoms with Gasteiger partial charge in [0.15, 0.2) is 0 Å². The Bertz CT molecular complexity index is 312. The van der Waals surface area contributed by atoms with Crippen molar-refractivity contribution in [2.45, 2.75) is 59.1 Å². The molecule has 1 aromatic rings. The molecule has 0 aliphatic heterocycles. The van der Waals surface area contributed by atoms with Crippen LogP contribution in [-0.2, 0) is 18.6 Å². The molecule has 15 heavy (non-hydrogen) atoms. The first-order valence-electron chi connectivity index (χ1n) is 5.54. The van der Waals surface area contributed by atoms with Crippen LogP contribution in [0.4, 0.5) is 0 Å². The number of aliphatic hydroxyl groups excluding tert-OH is 1. The fourth-order valence-electron chi connectivity index (χ4n) is 1.74.